The van der Waals surface area contributed by atoms with E-state index in [1.165, 1.54) is 0 Å². The molecule has 0 aliphatic carbocycles. The van der Waals surface area contributed by atoms with E-state index in [4.69, 9.17) is 4.98 Å². The topological polar surface area (TPSA) is 65.5 Å². The maximum Gasteiger partial charge on any atom is 0.245 e. The van der Waals surface area contributed by atoms with Gasteiger partial charge in [-0.05, 0) is 11.8 Å². The minimum Gasteiger partial charge on any atom is -0.344 e. The van der Waals surface area contributed by atoms with Crippen LogP contribution in [0.5, 0.6) is 0 Å². The number of thiazole rings is 1. The molecule has 1 fully saturated rings. The molecule has 1 N–H and O–H groups in total. The predicted octanol–water partition coefficient (Wildman–Crippen LogP) is 3.64. The number of nitrogens with one attached hydrogen (secondary N) is 1. The minimum absolute atomic E-state index is 0.0341. The van der Waals surface area contributed by atoms with Gasteiger partial charge in [0.1, 0.15) is 11.0 Å². The fourth-order valence-electron chi connectivity index (χ4n) is 3.76. The van der Waals surface area contributed by atoms with Crippen LogP contribution in [0.4, 0.5) is 0 Å². The van der Waals surface area contributed by atoms with Gasteiger partial charge in [-0.2, -0.15) is 0 Å². The number of benzene rings is 1. The summed E-state index contributed by atoms with van der Waals surface area (Å²) >= 11 is 1.67. The van der Waals surface area contributed by atoms with Gasteiger partial charge in [-0.25, -0.2) is 4.98 Å². The Morgan fingerprint density at radius 2 is 1.74 bits per heavy atom. The standard InChI is InChI=1S/C24H34N4O2S/c1-17(2)14-21(29)26-22(18(3)4)24(30)28-12-10-27(11-13-28)15-20-16-31-23(25-20)19-8-6-5-7-9-19/h5-9,16-18,22H,10-15H2,1-4H3,(H,26,29). The lowest BCUT2D eigenvalue weighted by molar-refractivity contribution is -0.139. The number of nitrogens with zero attached hydrogens (tertiary/aromatic N) is 3. The van der Waals surface area contributed by atoms with Crippen molar-refractivity contribution in [1.29, 1.82) is 0 Å². The highest BCUT2D eigenvalue weighted by Crippen LogP contribution is 2.24. The molecule has 3 rings (SSSR count). The van der Waals surface area contributed by atoms with E-state index in [2.05, 4.69) is 27.7 Å². The van der Waals surface area contributed by atoms with Crippen molar-refractivity contribution in [2.45, 2.75) is 46.7 Å². The molecule has 6 nitrogen and oxygen atoms in total. The maximum atomic E-state index is 13.1. The highest BCUT2D eigenvalue weighted by atomic mass is 32.1. The number of aromatic nitrogens is 1. The number of rotatable bonds is 8. The molecular weight excluding hydrogens is 408 g/mol. The number of hydrogen-bond acceptors (Lipinski definition) is 5. The van der Waals surface area contributed by atoms with E-state index in [1.807, 2.05) is 50.8 Å². The van der Waals surface area contributed by atoms with Crippen LogP contribution in [0.25, 0.3) is 10.6 Å². The fraction of sp³-hybridized carbons (Fsp3) is 0.542. The van der Waals surface area contributed by atoms with Gasteiger partial charge in [0.15, 0.2) is 0 Å². The zero-order valence-electron chi connectivity index (χ0n) is 19.0. The molecule has 168 valence electrons. The van der Waals surface area contributed by atoms with Crippen molar-refractivity contribution >= 4 is 23.2 Å². The summed E-state index contributed by atoms with van der Waals surface area (Å²) in [6.07, 6.45) is 0.447. The summed E-state index contributed by atoms with van der Waals surface area (Å²) in [5, 5.41) is 6.13. The summed E-state index contributed by atoms with van der Waals surface area (Å²) in [4.78, 5) is 34.3. The molecule has 1 atom stereocenters. The average molecular weight is 443 g/mol. The van der Waals surface area contributed by atoms with Gasteiger partial charge in [0.25, 0.3) is 0 Å². The van der Waals surface area contributed by atoms with Crippen LogP contribution in [0.2, 0.25) is 0 Å². The van der Waals surface area contributed by atoms with Crippen LogP contribution in [0.3, 0.4) is 0 Å². The van der Waals surface area contributed by atoms with E-state index < -0.39 is 6.04 Å². The Morgan fingerprint density at radius 1 is 1.06 bits per heavy atom. The van der Waals surface area contributed by atoms with Crippen LogP contribution in [0.15, 0.2) is 35.7 Å². The van der Waals surface area contributed by atoms with Crippen LogP contribution in [0, 0.1) is 11.8 Å². The summed E-state index contributed by atoms with van der Waals surface area (Å²) in [6, 6.07) is 9.78. The van der Waals surface area contributed by atoms with Gasteiger partial charge in [0, 0.05) is 50.1 Å². The third-order valence-corrected chi connectivity index (χ3v) is 6.43. The van der Waals surface area contributed by atoms with Gasteiger partial charge in [0.2, 0.25) is 11.8 Å². The quantitative estimate of drug-likeness (QED) is 0.678. The van der Waals surface area contributed by atoms with E-state index in [-0.39, 0.29) is 23.7 Å². The van der Waals surface area contributed by atoms with Crippen molar-refractivity contribution in [2.24, 2.45) is 11.8 Å². The molecule has 2 amide bonds. The normalized spacial score (nSPS) is 16.0. The van der Waals surface area contributed by atoms with Crippen molar-refractivity contribution in [3.63, 3.8) is 0 Å². The molecule has 0 bridgehead atoms. The Bertz CT molecular complexity index is 857. The molecule has 0 spiro atoms. The third-order valence-electron chi connectivity index (χ3n) is 5.48. The van der Waals surface area contributed by atoms with Crippen LogP contribution in [-0.2, 0) is 16.1 Å². The summed E-state index contributed by atoms with van der Waals surface area (Å²) in [5.74, 6) is 0.331. The van der Waals surface area contributed by atoms with Gasteiger partial charge in [-0.15, -0.1) is 11.3 Å². The van der Waals surface area contributed by atoms with Gasteiger partial charge < -0.3 is 10.2 Å². The Balaban J connectivity index is 1.52. The third kappa shape index (κ3) is 6.61. The minimum atomic E-state index is -0.454. The summed E-state index contributed by atoms with van der Waals surface area (Å²) in [7, 11) is 0. The second kappa shape index (κ2) is 10.9. The second-order valence-corrected chi connectivity index (χ2v) is 9.86. The predicted molar refractivity (Wildman–Crippen MR) is 126 cm³/mol. The molecule has 7 heteroatoms. The molecule has 1 aromatic heterocycles. The molecule has 2 aromatic rings. The molecule has 0 radical (unpaired) electrons. The smallest absolute Gasteiger partial charge is 0.245 e. The molecule has 2 heterocycles. The van der Waals surface area contributed by atoms with Crippen molar-refractivity contribution in [2.75, 3.05) is 26.2 Å². The first-order valence-corrected chi connectivity index (χ1v) is 12.0. The van der Waals surface area contributed by atoms with E-state index in [0.717, 1.165) is 35.9 Å². The number of carbonyl (C=O) groups is 2. The Morgan fingerprint density at radius 3 is 2.35 bits per heavy atom. The zero-order valence-corrected chi connectivity index (χ0v) is 19.8. The van der Waals surface area contributed by atoms with Crippen LogP contribution in [0.1, 0.15) is 39.8 Å². The first kappa shape index (κ1) is 23.4. The lowest BCUT2D eigenvalue weighted by atomic mass is 10.0. The van der Waals surface area contributed by atoms with E-state index in [0.29, 0.717) is 19.5 Å². The van der Waals surface area contributed by atoms with Crippen LogP contribution >= 0.6 is 11.3 Å². The Labute approximate surface area is 189 Å². The fourth-order valence-corrected chi connectivity index (χ4v) is 4.58. The molecule has 1 aromatic carbocycles. The van der Waals surface area contributed by atoms with Crippen LogP contribution < -0.4 is 5.32 Å². The SMILES string of the molecule is CC(C)CC(=O)NC(C(=O)N1CCN(Cc2csc(-c3ccccc3)n2)CC1)C(C)C. The molecular formula is C24H34N4O2S. The first-order chi connectivity index (χ1) is 14.8. The second-order valence-electron chi connectivity index (χ2n) is 9.00. The van der Waals surface area contributed by atoms with Crippen molar-refractivity contribution < 1.29 is 9.59 Å². The van der Waals surface area contributed by atoms with Gasteiger partial charge in [0.05, 0.1) is 5.69 Å². The largest absolute Gasteiger partial charge is 0.344 e. The van der Waals surface area contributed by atoms with E-state index >= 15 is 0 Å². The van der Waals surface area contributed by atoms with Crippen molar-refractivity contribution in [3.8, 4) is 10.6 Å². The van der Waals surface area contributed by atoms with Crippen LogP contribution in [-0.4, -0.2) is 58.8 Å². The number of piperazine rings is 1. The Hall–Kier alpha value is -2.25. The first-order valence-electron chi connectivity index (χ1n) is 11.1. The zero-order chi connectivity index (χ0) is 22.4. The highest BCUT2D eigenvalue weighted by molar-refractivity contribution is 7.13. The lowest BCUT2D eigenvalue weighted by Gasteiger charge is -2.37. The van der Waals surface area contributed by atoms with E-state index in [1.54, 1.807) is 11.3 Å². The molecule has 0 saturated carbocycles. The summed E-state index contributed by atoms with van der Waals surface area (Å²) < 4.78 is 0. The number of hydrogen-bond donors (Lipinski definition) is 1. The Kier molecular flexibility index (Phi) is 8.21. The summed E-state index contributed by atoms with van der Waals surface area (Å²) in [5.41, 5.74) is 2.22. The number of amides is 2. The van der Waals surface area contributed by atoms with Crippen molar-refractivity contribution in [3.05, 3.63) is 41.4 Å². The molecule has 1 saturated heterocycles. The molecule has 1 aliphatic rings. The average Bonchev–Trinajstić information content (AvgIpc) is 3.20. The summed E-state index contributed by atoms with van der Waals surface area (Å²) in [6.45, 7) is 11.8. The van der Waals surface area contributed by atoms with Gasteiger partial charge in [-0.1, -0.05) is 58.0 Å². The maximum absolute atomic E-state index is 13.1. The van der Waals surface area contributed by atoms with Crippen molar-refractivity contribution in [1.82, 2.24) is 20.1 Å². The van der Waals surface area contributed by atoms with E-state index in [9.17, 15) is 9.59 Å². The lowest BCUT2D eigenvalue weighted by Crippen LogP contribution is -2.56. The molecule has 31 heavy (non-hydrogen) atoms. The van der Waals surface area contributed by atoms with Gasteiger partial charge >= 0.3 is 0 Å². The molecule has 1 aliphatic heterocycles. The monoisotopic (exact) mass is 442 g/mol. The number of carbonyl (C=O) groups excluding carboxylic acids is 2. The highest BCUT2D eigenvalue weighted by Gasteiger charge is 2.30. The molecule has 1 unspecified atom stereocenters. The van der Waals surface area contributed by atoms with Gasteiger partial charge in [-0.3, -0.25) is 14.5 Å².